The van der Waals surface area contributed by atoms with E-state index in [9.17, 15) is 14.9 Å². The highest BCUT2D eigenvalue weighted by molar-refractivity contribution is 5.79. The second kappa shape index (κ2) is 4.35. The SMILES string of the molecule is CN1OC(C(N)=O)CC1c1ncc([N+](=O)[O-])n1C. The van der Waals surface area contributed by atoms with Crippen LogP contribution >= 0.6 is 0 Å². The van der Waals surface area contributed by atoms with Gasteiger partial charge in [0.05, 0.1) is 7.05 Å². The molecule has 0 saturated carbocycles. The van der Waals surface area contributed by atoms with Crippen molar-refractivity contribution in [2.75, 3.05) is 7.05 Å². The third-order valence-corrected chi connectivity index (χ3v) is 2.97. The van der Waals surface area contributed by atoms with Crippen molar-refractivity contribution in [2.24, 2.45) is 12.8 Å². The Kier molecular flexibility index (Phi) is 3.01. The van der Waals surface area contributed by atoms with E-state index in [1.165, 1.54) is 15.8 Å². The smallest absolute Gasteiger partial charge is 0.342 e. The molecule has 2 atom stereocenters. The lowest BCUT2D eigenvalue weighted by molar-refractivity contribution is -0.391. The summed E-state index contributed by atoms with van der Waals surface area (Å²) in [5, 5.41) is 12.2. The van der Waals surface area contributed by atoms with Gasteiger partial charge in [-0.3, -0.25) is 9.63 Å². The minimum Gasteiger partial charge on any atom is -0.367 e. The number of hydrogen-bond donors (Lipinski definition) is 1. The topological polar surface area (TPSA) is 117 Å². The largest absolute Gasteiger partial charge is 0.367 e. The van der Waals surface area contributed by atoms with E-state index in [4.69, 9.17) is 10.6 Å². The monoisotopic (exact) mass is 255 g/mol. The van der Waals surface area contributed by atoms with Crippen LogP contribution in [0.15, 0.2) is 6.20 Å². The zero-order valence-corrected chi connectivity index (χ0v) is 9.94. The molecule has 1 aromatic rings. The molecule has 1 fully saturated rings. The van der Waals surface area contributed by atoms with Crippen LogP contribution in [0.4, 0.5) is 5.82 Å². The number of imidazole rings is 1. The Morgan fingerprint density at radius 3 is 2.78 bits per heavy atom. The molecule has 0 aliphatic carbocycles. The molecule has 9 nitrogen and oxygen atoms in total. The molecule has 0 spiro atoms. The van der Waals surface area contributed by atoms with Gasteiger partial charge >= 0.3 is 5.82 Å². The van der Waals surface area contributed by atoms with Crippen molar-refractivity contribution in [3.63, 3.8) is 0 Å². The van der Waals surface area contributed by atoms with Crippen molar-refractivity contribution in [3.8, 4) is 0 Å². The Morgan fingerprint density at radius 1 is 1.67 bits per heavy atom. The molecule has 1 aliphatic heterocycles. The zero-order chi connectivity index (χ0) is 13.4. The van der Waals surface area contributed by atoms with Gasteiger partial charge in [-0.25, -0.2) is 9.55 Å². The summed E-state index contributed by atoms with van der Waals surface area (Å²) in [5.41, 5.74) is 5.17. The second-order valence-electron chi connectivity index (χ2n) is 4.08. The number of amides is 1. The van der Waals surface area contributed by atoms with Gasteiger partial charge in [0, 0.05) is 13.5 Å². The number of rotatable bonds is 3. The van der Waals surface area contributed by atoms with Crippen molar-refractivity contribution in [3.05, 3.63) is 22.1 Å². The third-order valence-electron chi connectivity index (χ3n) is 2.97. The predicted octanol–water partition coefficient (Wildman–Crippen LogP) is -0.510. The fourth-order valence-electron chi connectivity index (χ4n) is 2.00. The van der Waals surface area contributed by atoms with Crippen molar-refractivity contribution in [1.82, 2.24) is 14.6 Å². The highest BCUT2D eigenvalue weighted by atomic mass is 16.7. The van der Waals surface area contributed by atoms with E-state index in [-0.39, 0.29) is 11.9 Å². The van der Waals surface area contributed by atoms with E-state index >= 15 is 0 Å². The maximum atomic E-state index is 11.1. The summed E-state index contributed by atoms with van der Waals surface area (Å²) in [6.45, 7) is 0. The molecule has 0 aromatic carbocycles. The van der Waals surface area contributed by atoms with E-state index in [0.717, 1.165) is 0 Å². The molecular formula is C9H13N5O4. The molecule has 1 aromatic heterocycles. The molecule has 1 aliphatic rings. The van der Waals surface area contributed by atoms with Gasteiger partial charge in [-0.1, -0.05) is 0 Å². The zero-order valence-electron chi connectivity index (χ0n) is 9.94. The van der Waals surface area contributed by atoms with Crippen LogP contribution in [-0.2, 0) is 16.7 Å². The van der Waals surface area contributed by atoms with Crippen LogP contribution in [0, 0.1) is 10.1 Å². The lowest BCUT2D eigenvalue weighted by Gasteiger charge is -2.14. The van der Waals surface area contributed by atoms with Crippen molar-refractivity contribution < 1.29 is 14.6 Å². The Hall–Kier alpha value is -2.00. The number of nitrogens with zero attached hydrogens (tertiary/aromatic N) is 4. The second-order valence-corrected chi connectivity index (χ2v) is 4.08. The van der Waals surface area contributed by atoms with Gasteiger partial charge in [0.15, 0.2) is 6.10 Å². The highest BCUT2D eigenvalue weighted by Crippen LogP contribution is 2.32. The van der Waals surface area contributed by atoms with Crippen LogP contribution in [0.1, 0.15) is 18.3 Å². The number of hydroxylamine groups is 2. The first kappa shape index (κ1) is 12.5. The number of carbonyl (C=O) groups is 1. The van der Waals surface area contributed by atoms with Crippen LogP contribution in [0.3, 0.4) is 0 Å². The summed E-state index contributed by atoms with van der Waals surface area (Å²) >= 11 is 0. The molecule has 1 amide bonds. The summed E-state index contributed by atoms with van der Waals surface area (Å²) in [7, 11) is 3.18. The molecule has 0 radical (unpaired) electrons. The third kappa shape index (κ3) is 1.93. The van der Waals surface area contributed by atoms with Crippen molar-refractivity contribution >= 4 is 11.7 Å². The number of primary amides is 1. The number of nitro groups is 1. The van der Waals surface area contributed by atoms with Crippen LogP contribution in [0.2, 0.25) is 0 Å². The summed E-state index contributed by atoms with van der Waals surface area (Å²) in [6.07, 6.45) is 0.782. The van der Waals surface area contributed by atoms with Gasteiger partial charge in [0.2, 0.25) is 11.7 Å². The molecule has 2 rings (SSSR count). The van der Waals surface area contributed by atoms with Crippen LogP contribution in [0.5, 0.6) is 0 Å². The first-order valence-electron chi connectivity index (χ1n) is 5.26. The molecule has 18 heavy (non-hydrogen) atoms. The molecule has 9 heteroatoms. The average Bonchev–Trinajstić information content (AvgIpc) is 2.81. The summed E-state index contributed by atoms with van der Waals surface area (Å²) in [5.74, 6) is -0.207. The molecule has 2 N–H and O–H groups in total. The number of aromatic nitrogens is 2. The van der Waals surface area contributed by atoms with E-state index < -0.39 is 16.9 Å². The van der Waals surface area contributed by atoms with Gasteiger partial charge in [-0.05, 0) is 4.92 Å². The molecule has 98 valence electrons. The van der Waals surface area contributed by atoms with Crippen LogP contribution < -0.4 is 5.73 Å². The summed E-state index contributed by atoms with van der Waals surface area (Å²) in [4.78, 5) is 30.5. The summed E-state index contributed by atoms with van der Waals surface area (Å²) in [6, 6.07) is -0.332. The first-order valence-corrected chi connectivity index (χ1v) is 5.26. The molecular weight excluding hydrogens is 242 g/mol. The van der Waals surface area contributed by atoms with Gasteiger partial charge < -0.3 is 15.8 Å². The molecule has 0 bridgehead atoms. The maximum Gasteiger partial charge on any atom is 0.342 e. The van der Waals surface area contributed by atoms with Crippen LogP contribution in [0.25, 0.3) is 0 Å². The van der Waals surface area contributed by atoms with Gasteiger partial charge in [-0.15, -0.1) is 0 Å². The van der Waals surface area contributed by atoms with Gasteiger partial charge in [0.25, 0.3) is 0 Å². The van der Waals surface area contributed by atoms with Gasteiger partial charge in [-0.2, -0.15) is 5.06 Å². The fraction of sp³-hybridized carbons (Fsp3) is 0.556. The summed E-state index contributed by atoms with van der Waals surface area (Å²) < 4.78 is 1.37. The minimum absolute atomic E-state index is 0.110. The highest BCUT2D eigenvalue weighted by Gasteiger charge is 2.40. The fourth-order valence-corrected chi connectivity index (χ4v) is 2.00. The van der Waals surface area contributed by atoms with E-state index in [1.54, 1.807) is 14.1 Å². The van der Waals surface area contributed by atoms with Crippen molar-refractivity contribution in [1.29, 1.82) is 0 Å². The van der Waals surface area contributed by atoms with E-state index in [1.807, 2.05) is 0 Å². The maximum absolute atomic E-state index is 11.1. The Morgan fingerprint density at radius 2 is 2.33 bits per heavy atom. The minimum atomic E-state index is -0.726. The standard InChI is InChI=1S/C9H13N5O4/c1-12-7(14(16)17)4-11-9(12)5-3-6(8(10)15)18-13(5)2/h4-6H,3H2,1-2H3,(H2,10,15). The number of nitrogens with two attached hydrogens (primary N) is 1. The van der Waals surface area contributed by atoms with E-state index in [0.29, 0.717) is 12.2 Å². The molecule has 1 saturated heterocycles. The quantitative estimate of drug-likeness (QED) is 0.574. The Balaban J connectivity index is 2.27. The number of hydrogen-bond acceptors (Lipinski definition) is 6. The lowest BCUT2D eigenvalue weighted by atomic mass is 10.1. The normalized spacial score (nSPS) is 24.3. The first-order chi connectivity index (χ1) is 8.41. The van der Waals surface area contributed by atoms with Crippen molar-refractivity contribution in [2.45, 2.75) is 18.6 Å². The number of carbonyl (C=O) groups excluding carboxylic acids is 1. The van der Waals surface area contributed by atoms with Crippen LogP contribution in [-0.4, -0.2) is 38.6 Å². The van der Waals surface area contributed by atoms with E-state index in [2.05, 4.69) is 4.98 Å². The lowest BCUT2D eigenvalue weighted by Crippen LogP contribution is -2.28. The average molecular weight is 255 g/mol. The predicted molar refractivity (Wildman–Crippen MR) is 59.1 cm³/mol. The Bertz CT molecular complexity index is 499. The molecule has 2 heterocycles. The Labute approximate surface area is 102 Å². The molecule has 2 unspecified atom stereocenters. The van der Waals surface area contributed by atoms with Gasteiger partial charge in [0.1, 0.15) is 12.2 Å².